The van der Waals surface area contributed by atoms with E-state index in [1.807, 2.05) is 0 Å². The zero-order chi connectivity index (χ0) is 14.4. The molecule has 1 aliphatic heterocycles. The lowest BCUT2D eigenvalue weighted by atomic mass is 9.71. The smallest absolute Gasteiger partial charge is 0.0170 e. The molecule has 108 valence electrons. The summed E-state index contributed by atoms with van der Waals surface area (Å²) < 4.78 is 0. The van der Waals surface area contributed by atoms with Crippen molar-refractivity contribution in [1.82, 2.24) is 4.90 Å². The van der Waals surface area contributed by atoms with Crippen molar-refractivity contribution in [1.29, 1.82) is 0 Å². The highest BCUT2D eigenvalue weighted by atomic mass is 15.2. The van der Waals surface area contributed by atoms with Crippen LogP contribution in [-0.2, 0) is 0 Å². The van der Waals surface area contributed by atoms with Crippen molar-refractivity contribution in [2.45, 2.75) is 37.6 Å². The van der Waals surface area contributed by atoms with Gasteiger partial charge >= 0.3 is 0 Å². The number of hydrogen-bond acceptors (Lipinski definition) is 1. The van der Waals surface area contributed by atoms with Crippen LogP contribution in [0.2, 0.25) is 0 Å². The number of fused-ring (bicyclic) bond motifs is 3. The van der Waals surface area contributed by atoms with E-state index in [1.54, 1.807) is 11.1 Å². The molecule has 2 aromatic rings. The molecule has 1 heteroatoms. The Hall–Kier alpha value is -1.60. The SMILES string of the molecule is Cc1cccc(C2CC3C(CCN3C)c3ccccc32)c1. The van der Waals surface area contributed by atoms with E-state index in [0.29, 0.717) is 12.0 Å². The Morgan fingerprint density at radius 1 is 1.00 bits per heavy atom. The summed E-state index contributed by atoms with van der Waals surface area (Å²) >= 11 is 0. The predicted molar refractivity (Wildman–Crippen MR) is 87.9 cm³/mol. The minimum atomic E-state index is 0.558. The Morgan fingerprint density at radius 2 is 1.81 bits per heavy atom. The monoisotopic (exact) mass is 277 g/mol. The molecule has 3 unspecified atom stereocenters. The first-order chi connectivity index (χ1) is 10.2. The number of aryl methyl sites for hydroxylation is 1. The molecule has 0 aromatic heterocycles. The summed E-state index contributed by atoms with van der Waals surface area (Å²) in [6.07, 6.45) is 2.58. The van der Waals surface area contributed by atoms with E-state index in [0.717, 1.165) is 5.92 Å². The van der Waals surface area contributed by atoms with Crippen molar-refractivity contribution in [3.8, 4) is 0 Å². The van der Waals surface area contributed by atoms with Gasteiger partial charge in [-0.05, 0) is 50.0 Å². The molecule has 2 aliphatic rings. The molecular weight excluding hydrogens is 254 g/mol. The van der Waals surface area contributed by atoms with E-state index in [1.165, 1.54) is 30.5 Å². The average Bonchev–Trinajstić information content (AvgIpc) is 2.88. The number of nitrogens with zero attached hydrogens (tertiary/aromatic N) is 1. The minimum Gasteiger partial charge on any atom is -0.303 e. The summed E-state index contributed by atoms with van der Waals surface area (Å²) in [5, 5.41) is 0. The quantitative estimate of drug-likeness (QED) is 0.750. The van der Waals surface area contributed by atoms with Gasteiger partial charge in [0, 0.05) is 17.9 Å². The lowest BCUT2D eigenvalue weighted by Crippen LogP contribution is -2.34. The van der Waals surface area contributed by atoms with Crippen molar-refractivity contribution in [3.63, 3.8) is 0 Å². The van der Waals surface area contributed by atoms with Crippen molar-refractivity contribution in [2.24, 2.45) is 0 Å². The number of likely N-dealkylation sites (N-methyl/N-ethyl adjacent to an activating group) is 1. The summed E-state index contributed by atoms with van der Waals surface area (Å²) in [6.45, 7) is 3.44. The summed E-state index contributed by atoms with van der Waals surface area (Å²) in [5.41, 5.74) is 6.03. The average molecular weight is 277 g/mol. The van der Waals surface area contributed by atoms with Crippen LogP contribution in [0.15, 0.2) is 48.5 Å². The molecule has 3 atom stereocenters. The van der Waals surface area contributed by atoms with Gasteiger partial charge in [0.25, 0.3) is 0 Å². The first-order valence-electron chi connectivity index (χ1n) is 8.09. The van der Waals surface area contributed by atoms with Crippen LogP contribution < -0.4 is 0 Å². The van der Waals surface area contributed by atoms with Crippen LogP contribution in [0.4, 0.5) is 0 Å². The largest absolute Gasteiger partial charge is 0.303 e. The van der Waals surface area contributed by atoms with E-state index < -0.39 is 0 Å². The Balaban J connectivity index is 1.83. The molecule has 1 aliphatic carbocycles. The zero-order valence-electron chi connectivity index (χ0n) is 12.9. The Kier molecular flexibility index (Phi) is 3.11. The zero-order valence-corrected chi connectivity index (χ0v) is 12.9. The third-order valence-corrected chi connectivity index (χ3v) is 5.52. The van der Waals surface area contributed by atoms with Gasteiger partial charge in [-0.2, -0.15) is 0 Å². The molecule has 0 radical (unpaired) electrons. The Morgan fingerprint density at radius 3 is 2.62 bits per heavy atom. The van der Waals surface area contributed by atoms with E-state index in [2.05, 4.69) is 67.4 Å². The fourth-order valence-electron chi connectivity index (χ4n) is 4.45. The Bertz CT molecular complexity index is 660. The molecule has 0 saturated carbocycles. The lowest BCUT2D eigenvalue weighted by molar-refractivity contribution is 0.265. The summed E-state index contributed by atoms with van der Waals surface area (Å²) in [6, 6.07) is 18.9. The van der Waals surface area contributed by atoms with Crippen LogP contribution in [0.3, 0.4) is 0 Å². The number of rotatable bonds is 1. The molecule has 0 spiro atoms. The molecule has 1 fully saturated rings. The standard InChI is InChI=1S/C20H23N/c1-14-6-5-7-15(12-14)19-13-20-18(10-11-21(20)2)16-8-3-4-9-17(16)19/h3-9,12,18-20H,10-11,13H2,1-2H3. The van der Waals surface area contributed by atoms with E-state index >= 15 is 0 Å². The van der Waals surface area contributed by atoms with Gasteiger partial charge in [-0.25, -0.2) is 0 Å². The topological polar surface area (TPSA) is 3.24 Å². The summed E-state index contributed by atoms with van der Waals surface area (Å²) in [4.78, 5) is 2.57. The number of hydrogen-bond donors (Lipinski definition) is 0. The molecule has 4 rings (SSSR count). The van der Waals surface area contributed by atoms with Gasteiger partial charge in [-0.15, -0.1) is 0 Å². The second-order valence-corrected chi connectivity index (χ2v) is 6.77. The van der Waals surface area contributed by atoms with Gasteiger partial charge in [-0.3, -0.25) is 0 Å². The molecule has 21 heavy (non-hydrogen) atoms. The number of benzene rings is 2. The summed E-state index contributed by atoms with van der Waals surface area (Å²) in [5.74, 6) is 1.30. The lowest BCUT2D eigenvalue weighted by Gasteiger charge is -2.37. The fraction of sp³-hybridized carbons (Fsp3) is 0.400. The molecule has 1 saturated heterocycles. The van der Waals surface area contributed by atoms with Gasteiger partial charge in [0.2, 0.25) is 0 Å². The molecule has 1 nitrogen and oxygen atoms in total. The van der Waals surface area contributed by atoms with Crippen LogP contribution in [0.25, 0.3) is 0 Å². The maximum Gasteiger partial charge on any atom is 0.0170 e. The van der Waals surface area contributed by atoms with Crippen LogP contribution in [-0.4, -0.2) is 24.5 Å². The second-order valence-electron chi connectivity index (χ2n) is 6.77. The third-order valence-electron chi connectivity index (χ3n) is 5.52. The molecule has 2 aromatic carbocycles. The summed E-state index contributed by atoms with van der Waals surface area (Å²) in [7, 11) is 2.30. The van der Waals surface area contributed by atoms with E-state index in [-0.39, 0.29) is 0 Å². The van der Waals surface area contributed by atoms with Crippen molar-refractivity contribution < 1.29 is 0 Å². The first kappa shape index (κ1) is 13.1. The van der Waals surface area contributed by atoms with Crippen LogP contribution in [0.5, 0.6) is 0 Å². The third kappa shape index (κ3) is 2.11. The second kappa shape index (κ2) is 4.99. The first-order valence-corrected chi connectivity index (χ1v) is 8.09. The molecular formula is C20H23N. The van der Waals surface area contributed by atoms with Crippen LogP contribution >= 0.6 is 0 Å². The van der Waals surface area contributed by atoms with Gasteiger partial charge in [0.15, 0.2) is 0 Å². The van der Waals surface area contributed by atoms with Gasteiger partial charge in [0.1, 0.15) is 0 Å². The van der Waals surface area contributed by atoms with Gasteiger partial charge in [-0.1, -0.05) is 54.1 Å². The molecule has 0 bridgehead atoms. The molecule has 0 N–H and O–H groups in total. The van der Waals surface area contributed by atoms with E-state index in [4.69, 9.17) is 0 Å². The van der Waals surface area contributed by atoms with Gasteiger partial charge in [0.05, 0.1) is 0 Å². The normalized spacial score (nSPS) is 28.2. The van der Waals surface area contributed by atoms with Crippen molar-refractivity contribution in [2.75, 3.05) is 13.6 Å². The fourth-order valence-corrected chi connectivity index (χ4v) is 4.45. The highest BCUT2D eigenvalue weighted by molar-refractivity contribution is 5.44. The maximum absolute atomic E-state index is 2.57. The van der Waals surface area contributed by atoms with Gasteiger partial charge < -0.3 is 4.90 Å². The van der Waals surface area contributed by atoms with Crippen LogP contribution in [0, 0.1) is 6.92 Å². The van der Waals surface area contributed by atoms with Crippen molar-refractivity contribution >= 4 is 0 Å². The number of likely N-dealkylation sites (tertiary alicyclic amines) is 1. The predicted octanol–water partition coefficient (Wildman–Crippen LogP) is 4.32. The van der Waals surface area contributed by atoms with Crippen molar-refractivity contribution in [3.05, 3.63) is 70.8 Å². The molecule has 0 amide bonds. The molecule has 1 heterocycles. The Labute approximate surface area is 127 Å². The maximum atomic E-state index is 2.57. The highest BCUT2D eigenvalue weighted by Crippen LogP contribution is 2.47. The minimum absolute atomic E-state index is 0.558. The van der Waals surface area contributed by atoms with E-state index in [9.17, 15) is 0 Å². The van der Waals surface area contributed by atoms with Crippen LogP contribution in [0.1, 0.15) is 46.9 Å². The highest BCUT2D eigenvalue weighted by Gasteiger charge is 2.40.